The Bertz CT molecular complexity index is 626. The third-order valence-corrected chi connectivity index (χ3v) is 2.73. The minimum absolute atomic E-state index is 0.166. The summed E-state index contributed by atoms with van der Waals surface area (Å²) in [7, 11) is 0. The molecule has 0 atom stereocenters. The number of nitrogens with two attached hydrogens (primary N) is 1. The van der Waals surface area contributed by atoms with Crippen molar-refractivity contribution >= 4 is 5.69 Å². The molecule has 2 rings (SSSR count). The monoisotopic (exact) mass is 265 g/mol. The molecule has 0 saturated carbocycles. The van der Waals surface area contributed by atoms with Crippen LogP contribution in [0.1, 0.15) is 12.7 Å². The van der Waals surface area contributed by atoms with Crippen LogP contribution in [0.5, 0.6) is 0 Å². The number of nitro benzene ring substituents is 1. The Labute approximate surface area is 108 Å². The molecule has 19 heavy (non-hydrogen) atoms. The van der Waals surface area contributed by atoms with Crippen LogP contribution in [-0.2, 0) is 13.1 Å². The molecule has 0 bridgehead atoms. The Morgan fingerprint density at radius 2 is 2.21 bits per heavy atom. The van der Waals surface area contributed by atoms with Gasteiger partial charge in [-0.2, -0.15) is 0 Å². The second-order valence-corrected chi connectivity index (χ2v) is 3.81. The lowest BCUT2D eigenvalue weighted by Crippen LogP contribution is -2.08. The number of hydrogen-bond acceptors (Lipinski definition) is 5. The van der Waals surface area contributed by atoms with E-state index in [-0.39, 0.29) is 17.8 Å². The van der Waals surface area contributed by atoms with Crippen molar-refractivity contribution in [3.63, 3.8) is 0 Å². The fourth-order valence-corrected chi connectivity index (χ4v) is 1.82. The molecular formula is C11H12FN5O2. The molecule has 0 unspecified atom stereocenters. The lowest BCUT2D eigenvalue weighted by Gasteiger charge is -2.07. The first-order chi connectivity index (χ1) is 9.08. The number of halogens is 1. The van der Waals surface area contributed by atoms with Gasteiger partial charge in [-0.1, -0.05) is 0 Å². The number of aromatic nitrogens is 3. The summed E-state index contributed by atoms with van der Waals surface area (Å²) < 4.78 is 15.6. The van der Waals surface area contributed by atoms with E-state index in [9.17, 15) is 14.5 Å². The van der Waals surface area contributed by atoms with Gasteiger partial charge < -0.3 is 10.3 Å². The summed E-state index contributed by atoms with van der Waals surface area (Å²) in [6.45, 7) is 2.58. The molecule has 0 aliphatic carbocycles. The Kier molecular flexibility index (Phi) is 3.52. The molecular weight excluding hydrogens is 253 g/mol. The van der Waals surface area contributed by atoms with Crippen LogP contribution in [0, 0.1) is 15.9 Å². The van der Waals surface area contributed by atoms with Crippen molar-refractivity contribution in [2.75, 3.05) is 0 Å². The largest absolute Gasteiger partial charge is 0.324 e. The maximum Gasteiger partial charge on any atom is 0.272 e. The number of hydrogen-bond donors (Lipinski definition) is 1. The molecule has 100 valence electrons. The maximum atomic E-state index is 13.9. The minimum atomic E-state index is -0.708. The SMILES string of the molecule is CCn1c(CN)nnc1-c1ccc([N+](=O)[O-])cc1F. The third kappa shape index (κ3) is 2.29. The molecule has 1 aromatic heterocycles. The first kappa shape index (κ1) is 13.1. The zero-order chi connectivity index (χ0) is 14.0. The van der Waals surface area contributed by atoms with E-state index in [1.165, 1.54) is 12.1 Å². The average Bonchev–Trinajstić information content (AvgIpc) is 2.80. The summed E-state index contributed by atoms with van der Waals surface area (Å²) in [5.41, 5.74) is 5.38. The van der Waals surface area contributed by atoms with E-state index in [2.05, 4.69) is 10.2 Å². The first-order valence-electron chi connectivity index (χ1n) is 5.65. The lowest BCUT2D eigenvalue weighted by atomic mass is 10.2. The number of nitrogens with zero attached hydrogens (tertiary/aromatic N) is 4. The quantitative estimate of drug-likeness (QED) is 0.666. The van der Waals surface area contributed by atoms with Crippen LogP contribution in [-0.4, -0.2) is 19.7 Å². The average molecular weight is 265 g/mol. The van der Waals surface area contributed by atoms with Gasteiger partial charge in [-0.3, -0.25) is 10.1 Å². The molecule has 0 saturated heterocycles. The van der Waals surface area contributed by atoms with Crippen molar-refractivity contribution in [2.24, 2.45) is 5.73 Å². The van der Waals surface area contributed by atoms with E-state index < -0.39 is 10.7 Å². The lowest BCUT2D eigenvalue weighted by molar-refractivity contribution is -0.385. The van der Waals surface area contributed by atoms with Crippen LogP contribution < -0.4 is 5.73 Å². The van der Waals surface area contributed by atoms with Crippen LogP contribution in [0.2, 0.25) is 0 Å². The summed E-state index contributed by atoms with van der Waals surface area (Å²) in [5, 5.41) is 18.3. The van der Waals surface area contributed by atoms with E-state index in [1.54, 1.807) is 4.57 Å². The van der Waals surface area contributed by atoms with Crippen molar-refractivity contribution < 1.29 is 9.31 Å². The summed E-state index contributed by atoms with van der Waals surface area (Å²) >= 11 is 0. The van der Waals surface area contributed by atoms with Gasteiger partial charge >= 0.3 is 0 Å². The summed E-state index contributed by atoms with van der Waals surface area (Å²) in [6, 6.07) is 3.42. The normalized spacial score (nSPS) is 10.7. The zero-order valence-electron chi connectivity index (χ0n) is 10.2. The highest BCUT2D eigenvalue weighted by molar-refractivity contribution is 5.58. The van der Waals surface area contributed by atoms with Gasteiger partial charge in [0.25, 0.3) is 5.69 Å². The van der Waals surface area contributed by atoms with E-state index >= 15 is 0 Å². The fourth-order valence-electron chi connectivity index (χ4n) is 1.82. The van der Waals surface area contributed by atoms with Gasteiger partial charge in [0.05, 0.1) is 23.1 Å². The summed E-state index contributed by atoms with van der Waals surface area (Å²) in [5.74, 6) is 0.144. The fraction of sp³-hybridized carbons (Fsp3) is 0.273. The summed E-state index contributed by atoms with van der Waals surface area (Å²) in [4.78, 5) is 9.91. The third-order valence-electron chi connectivity index (χ3n) is 2.73. The first-order valence-corrected chi connectivity index (χ1v) is 5.65. The van der Waals surface area contributed by atoms with Crippen molar-refractivity contribution in [3.05, 3.63) is 40.0 Å². The minimum Gasteiger partial charge on any atom is -0.324 e. The molecule has 2 aromatic rings. The van der Waals surface area contributed by atoms with Crippen LogP contribution >= 0.6 is 0 Å². The zero-order valence-corrected chi connectivity index (χ0v) is 10.2. The van der Waals surface area contributed by atoms with Crippen molar-refractivity contribution in [3.8, 4) is 11.4 Å². The molecule has 0 aliphatic rings. The smallest absolute Gasteiger partial charge is 0.272 e. The Balaban J connectivity index is 2.53. The molecule has 0 radical (unpaired) electrons. The van der Waals surface area contributed by atoms with Gasteiger partial charge in [0.2, 0.25) is 0 Å². The molecule has 0 fully saturated rings. The molecule has 7 nitrogen and oxygen atoms in total. The second kappa shape index (κ2) is 5.11. The Hall–Kier alpha value is -2.35. The molecule has 0 amide bonds. The van der Waals surface area contributed by atoms with E-state index in [0.717, 1.165) is 6.07 Å². The molecule has 0 spiro atoms. The second-order valence-electron chi connectivity index (χ2n) is 3.81. The Morgan fingerprint density at radius 3 is 2.74 bits per heavy atom. The number of non-ortho nitro benzene ring substituents is 1. The van der Waals surface area contributed by atoms with Gasteiger partial charge in [0.15, 0.2) is 5.82 Å². The highest BCUT2D eigenvalue weighted by atomic mass is 19.1. The van der Waals surface area contributed by atoms with Crippen molar-refractivity contribution in [1.29, 1.82) is 0 Å². The molecule has 0 aliphatic heterocycles. The molecule has 2 N–H and O–H groups in total. The topological polar surface area (TPSA) is 99.9 Å². The van der Waals surface area contributed by atoms with Gasteiger partial charge in [-0.05, 0) is 13.0 Å². The molecule has 1 heterocycles. The van der Waals surface area contributed by atoms with E-state index in [0.29, 0.717) is 18.2 Å². The van der Waals surface area contributed by atoms with E-state index in [1.807, 2.05) is 6.92 Å². The maximum absolute atomic E-state index is 13.9. The van der Waals surface area contributed by atoms with Gasteiger partial charge in [0.1, 0.15) is 11.6 Å². The highest BCUT2D eigenvalue weighted by Gasteiger charge is 2.17. The van der Waals surface area contributed by atoms with Crippen LogP contribution in [0.15, 0.2) is 18.2 Å². The summed E-state index contributed by atoms with van der Waals surface area (Å²) in [6.07, 6.45) is 0. The standard InChI is InChI=1S/C11H12FN5O2/c1-2-16-10(6-13)14-15-11(16)8-4-3-7(17(18)19)5-9(8)12/h3-5H,2,6,13H2,1H3. The van der Waals surface area contributed by atoms with Crippen molar-refractivity contribution in [1.82, 2.24) is 14.8 Å². The van der Waals surface area contributed by atoms with Gasteiger partial charge in [-0.25, -0.2) is 4.39 Å². The van der Waals surface area contributed by atoms with Gasteiger partial charge in [-0.15, -0.1) is 10.2 Å². The van der Waals surface area contributed by atoms with Crippen LogP contribution in [0.3, 0.4) is 0 Å². The number of benzene rings is 1. The van der Waals surface area contributed by atoms with Gasteiger partial charge in [0, 0.05) is 12.6 Å². The number of nitro groups is 1. The Morgan fingerprint density at radius 1 is 1.47 bits per heavy atom. The van der Waals surface area contributed by atoms with Crippen LogP contribution in [0.25, 0.3) is 11.4 Å². The molecule has 8 heteroatoms. The van der Waals surface area contributed by atoms with E-state index in [4.69, 9.17) is 5.73 Å². The van der Waals surface area contributed by atoms with Crippen LogP contribution in [0.4, 0.5) is 10.1 Å². The number of rotatable bonds is 4. The highest BCUT2D eigenvalue weighted by Crippen LogP contribution is 2.25. The predicted octanol–water partition coefficient (Wildman–Crippen LogP) is 1.47. The predicted molar refractivity (Wildman–Crippen MR) is 65.6 cm³/mol. The molecule has 1 aromatic carbocycles. The van der Waals surface area contributed by atoms with Crippen molar-refractivity contribution in [2.45, 2.75) is 20.0 Å².